The van der Waals surface area contributed by atoms with E-state index in [0.29, 0.717) is 5.69 Å². The molecule has 0 saturated heterocycles. The molecule has 2 amide bonds. The largest absolute Gasteiger partial charge is 0.465 e. The second kappa shape index (κ2) is 8.29. The van der Waals surface area contributed by atoms with Crippen molar-refractivity contribution in [2.75, 3.05) is 17.7 Å². The van der Waals surface area contributed by atoms with E-state index in [1.807, 2.05) is 39.0 Å². The van der Waals surface area contributed by atoms with E-state index in [9.17, 15) is 14.4 Å². The molecule has 2 rings (SSSR count). The van der Waals surface area contributed by atoms with E-state index in [4.69, 9.17) is 0 Å². The summed E-state index contributed by atoms with van der Waals surface area (Å²) in [4.78, 5) is 36.4. The van der Waals surface area contributed by atoms with Crippen molar-refractivity contribution in [3.63, 3.8) is 0 Å². The van der Waals surface area contributed by atoms with Crippen LogP contribution in [0.4, 0.5) is 11.4 Å². The van der Waals surface area contributed by atoms with Gasteiger partial charge in [0.1, 0.15) is 0 Å². The number of para-hydroxylation sites is 2. The van der Waals surface area contributed by atoms with E-state index in [0.717, 1.165) is 11.1 Å². The van der Waals surface area contributed by atoms with E-state index < -0.39 is 17.8 Å². The van der Waals surface area contributed by atoms with Gasteiger partial charge in [-0.05, 0) is 36.1 Å². The average Bonchev–Trinajstić information content (AvgIpc) is 2.62. The fourth-order valence-corrected chi connectivity index (χ4v) is 2.57. The number of benzene rings is 2. The first-order valence-corrected chi connectivity index (χ1v) is 8.24. The molecule has 0 aromatic heterocycles. The van der Waals surface area contributed by atoms with E-state index in [1.54, 1.807) is 12.1 Å². The van der Waals surface area contributed by atoms with Gasteiger partial charge in [-0.15, -0.1) is 0 Å². The molecule has 2 N–H and O–H groups in total. The highest BCUT2D eigenvalue weighted by Crippen LogP contribution is 2.27. The molecule has 0 spiro atoms. The molecule has 136 valence electrons. The van der Waals surface area contributed by atoms with Gasteiger partial charge in [0.05, 0.1) is 18.4 Å². The fourth-order valence-electron chi connectivity index (χ4n) is 2.57. The van der Waals surface area contributed by atoms with Crippen LogP contribution in [0.1, 0.15) is 41.3 Å². The number of carbonyl (C=O) groups is 3. The molecule has 2 aromatic rings. The Morgan fingerprint density at radius 2 is 1.58 bits per heavy atom. The van der Waals surface area contributed by atoms with Crippen LogP contribution >= 0.6 is 0 Å². The molecule has 0 atom stereocenters. The Balaban J connectivity index is 2.20. The van der Waals surface area contributed by atoms with Gasteiger partial charge >= 0.3 is 17.8 Å². The third-order valence-electron chi connectivity index (χ3n) is 3.95. The molecule has 0 unspecified atom stereocenters. The maximum Gasteiger partial charge on any atom is 0.339 e. The number of anilines is 2. The number of amides is 2. The Labute approximate surface area is 152 Å². The summed E-state index contributed by atoms with van der Waals surface area (Å²) < 4.78 is 4.68. The molecule has 2 aromatic carbocycles. The average molecular weight is 354 g/mol. The normalized spacial score (nSPS) is 10.3. The standard InChI is InChI=1S/C20H22N2O4/c1-12(2)14-10-7-8-13(3)17(14)22-19(24)18(23)21-16-11-6-5-9-15(16)20(25)26-4/h5-12H,1-4H3,(H,21,23)(H,22,24). The Morgan fingerprint density at radius 3 is 2.23 bits per heavy atom. The maximum absolute atomic E-state index is 12.4. The SMILES string of the molecule is COC(=O)c1ccccc1NC(=O)C(=O)Nc1c(C)cccc1C(C)C. The zero-order valence-corrected chi connectivity index (χ0v) is 15.3. The van der Waals surface area contributed by atoms with Crippen molar-refractivity contribution in [2.24, 2.45) is 0 Å². The second-order valence-electron chi connectivity index (χ2n) is 6.14. The van der Waals surface area contributed by atoms with Crippen LogP contribution < -0.4 is 10.6 Å². The minimum Gasteiger partial charge on any atom is -0.465 e. The molecule has 0 aliphatic carbocycles. The van der Waals surface area contributed by atoms with Crippen LogP contribution in [0.3, 0.4) is 0 Å². The lowest BCUT2D eigenvalue weighted by atomic mass is 9.98. The van der Waals surface area contributed by atoms with Crippen LogP contribution in [0, 0.1) is 6.92 Å². The lowest BCUT2D eigenvalue weighted by Gasteiger charge is -2.16. The van der Waals surface area contributed by atoms with Gasteiger partial charge in [0, 0.05) is 5.69 Å². The first kappa shape index (κ1) is 19.2. The van der Waals surface area contributed by atoms with Crippen LogP contribution in [-0.2, 0) is 14.3 Å². The van der Waals surface area contributed by atoms with Gasteiger partial charge in [-0.1, -0.05) is 44.2 Å². The van der Waals surface area contributed by atoms with E-state index in [-0.39, 0.29) is 17.2 Å². The van der Waals surface area contributed by atoms with E-state index in [2.05, 4.69) is 15.4 Å². The van der Waals surface area contributed by atoms with Gasteiger partial charge in [-0.25, -0.2) is 4.79 Å². The Kier molecular flexibility index (Phi) is 6.11. The van der Waals surface area contributed by atoms with Crippen molar-refractivity contribution in [1.29, 1.82) is 0 Å². The number of esters is 1. The van der Waals surface area contributed by atoms with Crippen LogP contribution in [0.15, 0.2) is 42.5 Å². The van der Waals surface area contributed by atoms with Crippen molar-refractivity contribution < 1.29 is 19.1 Å². The number of methoxy groups -OCH3 is 1. The highest BCUT2D eigenvalue weighted by atomic mass is 16.5. The number of hydrogen-bond acceptors (Lipinski definition) is 4. The van der Waals surface area contributed by atoms with Gasteiger partial charge in [-0.3, -0.25) is 9.59 Å². The minimum absolute atomic E-state index is 0.176. The number of ether oxygens (including phenoxy) is 1. The molecule has 0 radical (unpaired) electrons. The quantitative estimate of drug-likeness (QED) is 0.650. The van der Waals surface area contributed by atoms with E-state index in [1.165, 1.54) is 19.2 Å². The lowest BCUT2D eigenvalue weighted by molar-refractivity contribution is -0.133. The van der Waals surface area contributed by atoms with Crippen molar-refractivity contribution >= 4 is 29.2 Å². The molecule has 0 heterocycles. The van der Waals surface area contributed by atoms with Gasteiger partial charge in [0.25, 0.3) is 0 Å². The zero-order valence-electron chi connectivity index (χ0n) is 15.3. The summed E-state index contributed by atoms with van der Waals surface area (Å²) in [6.07, 6.45) is 0. The van der Waals surface area contributed by atoms with Gasteiger partial charge in [-0.2, -0.15) is 0 Å². The summed E-state index contributed by atoms with van der Waals surface area (Å²) in [6.45, 7) is 5.89. The number of aryl methyl sites for hydroxylation is 1. The zero-order chi connectivity index (χ0) is 19.3. The topological polar surface area (TPSA) is 84.5 Å². The highest BCUT2D eigenvalue weighted by molar-refractivity contribution is 6.44. The molecule has 0 bridgehead atoms. The Morgan fingerprint density at radius 1 is 0.923 bits per heavy atom. The van der Waals surface area contributed by atoms with Crippen molar-refractivity contribution in [3.8, 4) is 0 Å². The fraction of sp³-hybridized carbons (Fsp3) is 0.250. The molecule has 26 heavy (non-hydrogen) atoms. The minimum atomic E-state index is -0.862. The predicted octanol–water partition coefficient (Wildman–Crippen LogP) is 3.48. The van der Waals surface area contributed by atoms with Crippen LogP contribution in [-0.4, -0.2) is 24.9 Å². The third-order valence-corrected chi connectivity index (χ3v) is 3.95. The van der Waals surface area contributed by atoms with Crippen molar-refractivity contribution in [3.05, 3.63) is 59.2 Å². The predicted molar refractivity (Wildman–Crippen MR) is 100 cm³/mol. The first-order chi connectivity index (χ1) is 12.3. The van der Waals surface area contributed by atoms with Crippen molar-refractivity contribution in [1.82, 2.24) is 0 Å². The molecular formula is C20H22N2O4. The smallest absolute Gasteiger partial charge is 0.339 e. The van der Waals surface area contributed by atoms with E-state index >= 15 is 0 Å². The molecule has 6 nitrogen and oxygen atoms in total. The highest BCUT2D eigenvalue weighted by Gasteiger charge is 2.20. The Bertz CT molecular complexity index is 843. The maximum atomic E-state index is 12.4. The summed E-state index contributed by atoms with van der Waals surface area (Å²) in [5.41, 5.74) is 2.83. The van der Waals surface area contributed by atoms with Gasteiger partial charge in [0.15, 0.2) is 0 Å². The number of rotatable bonds is 4. The molecule has 0 saturated carbocycles. The van der Waals surface area contributed by atoms with Crippen LogP contribution in [0.25, 0.3) is 0 Å². The van der Waals surface area contributed by atoms with Crippen LogP contribution in [0.2, 0.25) is 0 Å². The summed E-state index contributed by atoms with van der Waals surface area (Å²) in [5, 5.41) is 5.14. The second-order valence-corrected chi connectivity index (χ2v) is 6.14. The van der Waals surface area contributed by atoms with Crippen molar-refractivity contribution in [2.45, 2.75) is 26.7 Å². The molecule has 6 heteroatoms. The summed E-state index contributed by atoms with van der Waals surface area (Å²) >= 11 is 0. The van der Waals surface area contributed by atoms with Crippen LogP contribution in [0.5, 0.6) is 0 Å². The Hall–Kier alpha value is -3.15. The molecular weight excluding hydrogens is 332 g/mol. The van der Waals surface area contributed by atoms with Gasteiger partial charge < -0.3 is 15.4 Å². The summed E-state index contributed by atoms with van der Waals surface area (Å²) in [6, 6.07) is 12.0. The summed E-state index contributed by atoms with van der Waals surface area (Å²) in [7, 11) is 1.25. The summed E-state index contributed by atoms with van der Waals surface area (Å²) in [5.74, 6) is -2.07. The molecule has 0 aliphatic heterocycles. The first-order valence-electron chi connectivity index (χ1n) is 8.24. The molecule has 0 fully saturated rings. The monoisotopic (exact) mass is 354 g/mol. The number of hydrogen-bond donors (Lipinski definition) is 2. The lowest BCUT2D eigenvalue weighted by Crippen LogP contribution is -2.30. The van der Waals surface area contributed by atoms with Gasteiger partial charge in [0.2, 0.25) is 0 Å². The number of carbonyl (C=O) groups excluding carboxylic acids is 3. The molecule has 0 aliphatic rings. The third kappa shape index (κ3) is 4.27. The number of nitrogens with one attached hydrogen (secondary N) is 2.